The van der Waals surface area contributed by atoms with Crippen LogP contribution in [-0.2, 0) is 19.1 Å². The minimum Gasteiger partial charge on any atom is -0.399 e. The first-order chi connectivity index (χ1) is 19.6. The number of ether oxygens (including phenoxy) is 2. The van der Waals surface area contributed by atoms with E-state index in [4.69, 9.17) is 15.2 Å². The largest absolute Gasteiger partial charge is 0.399 e. The Kier molecular flexibility index (Phi) is 6.01. The van der Waals surface area contributed by atoms with Crippen molar-refractivity contribution in [3.05, 3.63) is 77.9 Å². The summed E-state index contributed by atoms with van der Waals surface area (Å²) in [6.45, 7) is 3.53. The van der Waals surface area contributed by atoms with Crippen molar-refractivity contribution in [2.24, 2.45) is 28.6 Å². The molecule has 2 aromatic carbocycles. The Labute approximate surface area is 240 Å². The minimum absolute atomic E-state index is 0.00209. The van der Waals surface area contributed by atoms with E-state index in [9.17, 15) is 19.8 Å². The molecular formula is C34H37NO6. The third kappa shape index (κ3) is 3.65. The summed E-state index contributed by atoms with van der Waals surface area (Å²) in [4.78, 5) is 25.9. The second-order valence-electron chi connectivity index (χ2n) is 13.1. The van der Waals surface area contributed by atoms with Gasteiger partial charge in [-0.05, 0) is 79.0 Å². The number of hydrogen-bond donors (Lipinski definition) is 3. The van der Waals surface area contributed by atoms with E-state index in [-0.39, 0.29) is 29.3 Å². The van der Waals surface area contributed by atoms with E-state index in [1.807, 2.05) is 54.6 Å². The summed E-state index contributed by atoms with van der Waals surface area (Å²) in [5, 5.41) is 22.0. The van der Waals surface area contributed by atoms with Crippen molar-refractivity contribution in [1.29, 1.82) is 0 Å². The number of ketones is 2. The molecule has 4 aliphatic carbocycles. The van der Waals surface area contributed by atoms with Crippen molar-refractivity contribution >= 4 is 17.3 Å². The minimum atomic E-state index is -1.37. The van der Waals surface area contributed by atoms with Crippen molar-refractivity contribution in [2.75, 3.05) is 12.3 Å². The van der Waals surface area contributed by atoms with Gasteiger partial charge in [-0.1, -0.05) is 55.8 Å². The number of carbonyl (C=O) groups is 2. The summed E-state index contributed by atoms with van der Waals surface area (Å²) < 4.78 is 13.3. The zero-order valence-electron chi connectivity index (χ0n) is 23.5. The van der Waals surface area contributed by atoms with Gasteiger partial charge in [0, 0.05) is 28.0 Å². The highest BCUT2D eigenvalue weighted by molar-refractivity contribution is 6.01. The molecule has 0 bridgehead atoms. The summed E-state index contributed by atoms with van der Waals surface area (Å²) in [7, 11) is 0. The fourth-order valence-corrected chi connectivity index (χ4v) is 9.37. The molecule has 0 unspecified atom stereocenters. The van der Waals surface area contributed by atoms with Crippen LogP contribution in [0.25, 0.3) is 11.1 Å². The van der Waals surface area contributed by atoms with Crippen molar-refractivity contribution in [2.45, 2.75) is 63.6 Å². The van der Waals surface area contributed by atoms with Gasteiger partial charge in [0.25, 0.3) is 0 Å². The quantitative estimate of drug-likeness (QED) is 0.474. The number of Topliss-reactive ketones (excluding diaryl/α,β-unsaturated/α-hetero) is 1. The van der Waals surface area contributed by atoms with E-state index in [0.29, 0.717) is 18.5 Å². The van der Waals surface area contributed by atoms with E-state index in [2.05, 4.69) is 13.8 Å². The van der Waals surface area contributed by atoms with Gasteiger partial charge in [-0.2, -0.15) is 0 Å². The maximum atomic E-state index is 13.8. The van der Waals surface area contributed by atoms with Crippen LogP contribution in [0.2, 0.25) is 0 Å². The van der Waals surface area contributed by atoms with Crippen molar-refractivity contribution < 1.29 is 29.3 Å². The molecule has 4 fully saturated rings. The highest BCUT2D eigenvalue weighted by Gasteiger charge is 2.75. The molecule has 0 spiro atoms. The number of allylic oxidation sites excluding steroid dienone is 4. The van der Waals surface area contributed by atoms with Gasteiger partial charge in [-0.15, -0.1) is 0 Å². The molecule has 1 aliphatic heterocycles. The van der Waals surface area contributed by atoms with Crippen LogP contribution in [0.1, 0.15) is 51.4 Å². The first-order valence-electron chi connectivity index (χ1n) is 14.7. The highest BCUT2D eigenvalue weighted by Crippen LogP contribution is 2.70. The molecule has 0 radical (unpaired) electrons. The first kappa shape index (κ1) is 26.8. The summed E-state index contributed by atoms with van der Waals surface area (Å²) >= 11 is 0. The number of carbonyl (C=O) groups excluding carboxylic acids is 2. The van der Waals surface area contributed by atoms with Gasteiger partial charge in [-0.25, -0.2) is 0 Å². The Balaban J connectivity index is 1.24. The topological polar surface area (TPSA) is 119 Å². The van der Waals surface area contributed by atoms with Crippen LogP contribution in [-0.4, -0.2) is 46.2 Å². The fraction of sp³-hybridized carbons (Fsp3) is 0.471. The molecule has 1 heterocycles. The van der Waals surface area contributed by atoms with Gasteiger partial charge in [0.2, 0.25) is 0 Å². The van der Waals surface area contributed by atoms with Crippen LogP contribution in [0.15, 0.2) is 72.3 Å². The second-order valence-corrected chi connectivity index (χ2v) is 13.1. The Morgan fingerprint density at radius 2 is 1.90 bits per heavy atom. The number of nitrogen functional groups attached to an aromatic ring is 1. The molecule has 4 N–H and O–H groups in total. The maximum absolute atomic E-state index is 13.8. The third-order valence-electron chi connectivity index (χ3n) is 11.2. The average Bonchev–Trinajstić information content (AvgIpc) is 3.46. The Morgan fingerprint density at radius 3 is 2.66 bits per heavy atom. The molecule has 7 nitrogen and oxygen atoms in total. The van der Waals surface area contributed by atoms with Crippen LogP contribution in [0, 0.1) is 28.6 Å². The lowest BCUT2D eigenvalue weighted by Gasteiger charge is -2.59. The van der Waals surface area contributed by atoms with E-state index in [1.54, 1.807) is 12.2 Å². The Hall–Kier alpha value is -3.10. The molecule has 2 aromatic rings. The summed E-state index contributed by atoms with van der Waals surface area (Å²) in [6.07, 6.45) is 5.91. The number of nitrogens with two attached hydrogens (primary N) is 1. The van der Waals surface area contributed by atoms with E-state index < -0.39 is 41.5 Å². The molecule has 9 atom stereocenters. The lowest BCUT2D eigenvalue weighted by molar-refractivity contribution is -0.201. The summed E-state index contributed by atoms with van der Waals surface area (Å²) in [5.41, 5.74) is 7.93. The second kappa shape index (κ2) is 9.20. The van der Waals surface area contributed by atoms with E-state index >= 15 is 0 Å². The average molecular weight is 556 g/mol. The molecule has 5 aliphatic rings. The highest BCUT2D eigenvalue weighted by atomic mass is 16.7. The van der Waals surface area contributed by atoms with Crippen LogP contribution in [0.3, 0.4) is 0 Å². The third-order valence-corrected chi connectivity index (χ3v) is 11.2. The predicted octanol–water partition coefficient (Wildman–Crippen LogP) is 4.54. The Morgan fingerprint density at radius 1 is 1.12 bits per heavy atom. The zero-order valence-corrected chi connectivity index (χ0v) is 23.5. The molecule has 7 rings (SSSR count). The first-order valence-corrected chi connectivity index (χ1v) is 14.7. The van der Waals surface area contributed by atoms with Gasteiger partial charge in [0.1, 0.15) is 6.61 Å². The molecule has 1 saturated heterocycles. The number of hydrogen-bond acceptors (Lipinski definition) is 7. The zero-order chi connectivity index (χ0) is 28.7. The number of aliphatic hydroxyl groups is 2. The van der Waals surface area contributed by atoms with Crippen LogP contribution < -0.4 is 5.73 Å². The van der Waals surface area contributed by atoms with Gasteiger partial charge >= 0.3 is 0 Å². The SMILES string of the molecule is C[C@]12C=CC(=O)C=C1CC[C@@H]1[C@@H]2[C@@H](O)C[C@@]2(C)[C@H]1C[C@H]1O[C@@H](c3cccc(-c4ccc(N)cc4)c3)O[C@]12C(=O)CO. The number of aliphatic hydroxyl groups excluding tert-OH is 2. The molecule has 0 amide bonds. The molecule has 41 heavy (non-hydrogen) atoms. The molecule has 3 saturated carbocycles. The smallest absolute Gasteiger partial charge is 0.193 e. The standard InChI is InChI=1S/C34H37NO6/c1-32-13-12-24(37)15-22(32)8-11-25-26-16-29-34(28(39)18-36,33(26,2)17-27(38)30(25)32)41-31(40-29)21-5-3-4-20(14-21)19-6-9-23(35)10-7-19/h3-7,9-10,12-15,25-27,29-31,36,38H,8,11,16-18,35H2,1-2H3/t25-,26-,27-,29+,30+,31+,32-,33-,34+/m0/s1. The van der Waals surface area contributed by atoms with Crippen LogP contribution in [0.5, 0.6) is 0 Å². The molecular weight excluding hydrogens is 518 g/mol. The van der Waals surface area contributed by atoms with Gasteiger partial charge in [0.05, 0.1) is 12.2 Å². The van der Waals surface area contributed by atoms with Gasteiger partial charge < -0.3 is 25.4 Å². The summed E-state index contributed by atoms with van der Waals surface area (Å²) in [6, 6.07) is 15.5. The number of fused-ring (bicyclic) bond motifs is 7. The van der Waals surface area contributed by atoms with E-state index in [0.717, 1.165) is 35.1 Å². The van der Waals surface area contributed by atoms with Crippen molar-refractivity contribution in [3.63, 3.8) is 0 Å². The molecule has 0 aromatic heterocycles. The van der Waals surface area contributed by atoms with E-state index in [1.165, 1.54) is 0 Å². The van der Waals surface area contributed by atoms with Crippen LogP contribution >= 0.6 is 0 Å². The van der Waals surface area contributed by atoms with Gasteiger partial charge in [-0.3, -0.25) is 9.59 Å². The van der Waals surface area contributed by atoms with Crippen LogP contribution in [0.4, 0.5) is 5.69 Å². The number of rotatable bonds is 4. The predicted molar refractivity (Wildman–Crippen MR) is 153 cm³/mol. The Bertz CT molecular complexity index is 1480. The number of anilines is 1. The molecule has 7 heteroatoms. The van der Waals surface area contributed by atoms with Crippen molar-refractivity contribution in [1.82, 2.24) is 0 Å². The molecule has 214 valence electrons. The van der Waals surface area contributed by atoms with Crippen molar-refractivity contribution in [3.8, 4) is 11.1 Å². The monoisotopic (exact) mass is 555 g/mol. The lowest BCUT2D eigenvalue weighted by atomic mass is 9.46. The summed E-state index contributed by atoms with van der Waals surface area (Å²) in [5.74, 6) is -0.277. The normalized spacial score (nSPS) is 40.8. The maximum Gasteiger partial charge on any atom is 0.193 e. The fourth-order valence-electron chi connectivity index (χ4n) is 9.37. The van der Waals surface area contributed by atoms with Gasteiger partial charge in [0.15, 0.2) is 23.5 Å². The number of benzene rings is 2. The lowest BCUT2D eigenvalue weighted by Crippen LogP contribution is -2.63.